The first-order chi connectivity index (χ1) is 8.59. The van der Waals surface area contributed by atoms with Gasteiger partial charge in [-0.3, -0.25) is 0 Å². The van der Waals surface area contributed by atoms with Gasteiger partial charge in [0.1, 0.15) is 0 Å². The minimum atomic E-state index is -0.958. The summed E-state index contributed by atoms with van der Waals surface area (Å²) in [6.07, 6.45) is 2.54. The lowest BCUT2D eigenvalue weighted by molar-refractivity contribution is 0.0698. The topological polar surface area (TPSA) is 78.6 Å². The molecule has 18 heavy (non-hydrogen) atoms. The predicted octanol–water partition coefficient (Wildman–Crippen LogP) is 1.47. The van der Waals surface area contributed by atoms with Crippen LogP contribution in [0.3, 0.4) is 0 Å². The Bertz CT molecular complexity index is 444. The fourth-order valence-corrected chi connectivity index (χ4v) is 2.00. The fourth-order valence-electron chi connectivity index (χ4n) is 2.00. The van der Waals surface area contributed by atoms with Gasteiger partial charge in [0.2, 0.25) is 0 Å². The maximum atomic E-state index is 11.1. The van der Waals surface area contributed by atoms with Gasteiger partial charge in [-0.1, -0.05) is 6.07 Å². The van der Waals surface area contributed by atoms with Crippen molar-refractivity contribution in [2.45, 2.75) is 18.9 Å². The van der Waals surface area contributed by atoms with Crippen molar-refractivity contribution in [2.75, 3.05) is 31.2 Å². The van der Waals surface area contributed by atoms with E-state index in [1.54, 1.807) is 18.2 Å². The first-order valence-electron chi connectivity index (χ1n) is 6.15. The number of aromatic carboxylic acids is 1. The molecule has 0 spiro atoms. The minimum Gasteiger partial charge on any atom is -0.478 e. The number of hydrogen-bond acceptors (Lipinski definition) is 4. The number of nitrogen functional groups attached to an aromatic ring is 1. The van der Waals surface area contributed by atoms with Gasteiger partial charge in [0, 0.05) is 19.1 Å². The molecule has 2 rings (SSSR count). The van der Waals surface area contributed by atoms with Gasteiger partial charge >= 0.3 is 5.97 Å². The van der Waals surface area contributed by atoms with Gasteiger partial charge < -0.3 is 21.1 Å². The third-order valence-corrected chi connectivity index (χ3v) is 3.26. The molecule has 98 valence electrons. The van der Waals surface area contributed by atoms with Crippen molar-refractivity contribution < 1.29 is 9.90 Å². The Morgan fingerprint density at radius 1 is 1.56 bits per heavy atom. The number of nitrogens with two attached hydrogens (primary N) is 1. The van der Waals surface area contributed by atoms with Crippen molar-refractivity contribution in [3.63, 3.8) is 0 Å². The summed E-state index contributed by atoms with van der Waals surface area (Å²) in [6.45, 7) is 1.58. The van der Waals surface area contributed by atoms with Crippen LogP contribution in [0.1, 0.15) is 23.2 Å². The molecular formula is C13H19N3O2. The van der Waals surface area contributed by atoms with Crippen molar-refractivity contribution in [1.82, 2.24) is 4.90 Å². The van der Waals surface area contributed by atoms with Crippen LogP contribution in [0.5, 0.6) is 0 Å². The second-order valence-electron chi connectivity index (χ2n) is 4.71. The molecular weight excluding hydrogens is 230 g/mol. The summed E-state index contributed by atoms with van der Waals surface area (Å²) in [7, 11) is 2.09. The number of carboxylic acids is 1. The average molecular weight is 249 g/mol. The van der Waals surface area contributed by atoms with E-state index in [1.165, 1.54) is 12.8 Å². The van der Waals surface area contributed by atoms with Gasteiger partial charge in [0.05, 0.1) is 16.9 Å². The number of carbonyl (C=O) groups is 1. The van der Waals surface area contributed by atoms with E-state index in [4.69, 9.17) is 10.8 Å². The van der Waals surface area contributed by atoms with Crippen LogP contribution in [-0.2, 0) is 0 Å². The minimum absolute atomic E-state index is 0.226. The Kier molecular flexibility index (Phi) is 3.72. The van der Waals surface area contributed by atoms with Crippen LogP contribution in [0.4, 0.5) is 11.4 Å². The van der Waals surface area contributed by atoms with E-state index in [2.05, 4.69) is 17.3 Å². The molecule has 0 unspecified atom stereocenters. The number of benzene rings is 1. The van der Waals surface area contributed by atoms with Crippen LogP contribution >= 0.6 is 0 Å². The van der Waals surface area contributed by atoms with Crippen LogP contribution in [0.25, 0.3) is 0 Å². The highest BCUT2D eigenvalue weighted by atomic mass is 16.4. The number of nitrogens with one attached hydrogen (secondary N) is 1. The number of likely N-dealkylation sites (N-methyl/N-ethyl adjacent to an activating group) is 1. The van der Waals surface area contributed by atoms with Crippen LogP contribution < -0.4 is 11.1 Å². The Hall–Kier alpha value is -1.75. The quantitative estimate of drug-likeness (QED) is 0.665. The summed E-state index contributed by atoms with van der Waals surface area (Å²) >= 11 is 0. The number of nitrogens with zero attached hydrogens (tertiary/aromatic N) is 1. The molecule has 1 aromatic carbocycles. The highest BCUT2D eigenvalue weighted by molar-refractivity contribution is 5.97. The maximum absolute atomic E-state index is 11.1. The molecule has 0 radical (unpaired) electrons. The summed E-state index contributed by atoms with van der Waals surface area (Å²) in [4.78, 5) is 13.4. The number of rotatable bonds is 6. The van der Waals surface area contributed by atoms with Gasteiger partial charge in [0.25, 0.3) is 0 Å². The molecule has 1 aliphatic carbocycles. The van der Waals surface area contributed by atoms with Crippen LogP contribution in [0, 0.1) is 0 Å². The van der Waals surface area contributed by atoms with Crippen LogP contribution in [-0.4, -0.2) is 42.2 Å². The molecule has 1 saturated carbocycles. The van der Waals surface area contributed by atoms with E-state index in [1.807, 2.05) is 0 Å². The zero-order chi connectivity index (χ0) is 13.1. The van der Waals surface area contributed by atoms with E-state index in [0.717, 1.165) is 6.54 Å². The van der Waals surface area contributed by atoms with Crippen molar-refractivity contribution in [2.24, 2.45) is 0 Å². The SMILES string of the molecule is CN(CCNc1c(N)cccc1C(=O)O)C1CC1. The fraction of sp³-hybridized carbons (Fsp3) is 0.462. The van der Waals surface area contributed by atoms with E-state index in [-0.39, 0.29) is 5.56 Å². The summed E-state index contributed by atoms with van der Waals surface area (Å²) in [5.41, 5.74) is 7.03. The van der Waals surface area contributed by atoms with Crippen molar-refractivity contribution in [3.05, 3.63) is 23.8 Å². The summed E-state index contributed by atoms with van der Waals surface area (Å²) in [5, 5.41) is 12.2. The molecule has 0 aromatic heterocycles. The Morgan fingerprint density at radius 3 is 2.89 bits per heavy atom. The first-order valence-corrected chi connectivity index (χ1v) is 6.15. The number of anilines is 2. The highest BCUT2D eigenvalue weighted by Gasteiger charge is 2.25. The molecule has 1 fully saturated rings. The molecule has 0 atom stereocenters. The van der Waals surface area contributed by atoms with E-state index in [0.29, 0.717) is 24.0 Å². The van der Waals surface area contributed by atoms with E-state index >= 15 is 0 Å². The Morgan fingerprint density at radius 2 is 2.28 bits per heavy atom. The number of hydrogen-bond donors (Lipinski definition) is 3. The lowest BCUT2D eigenvalue weighted by atomic mass is 10.1. The van der Waals surface area contributed by atoms with E-state index < -0.39 is 5.97 Å². The molecule has 0 saturated heterocycles. The van der Waals surface area contributed by atoms with E-state index in [9.17, 15) is 4.79 Å². The molecule has 5 heteroatoms. The Balaban J connectivity index is 1.97. The first kappa shape index (κ1) is 12.7. The molecule has 1 aromatic rings. The molecule has 0 aliphatic heterocycles. The van der Waals surface area contributed by atoms with Crippen molar-refractivity contribution in [1.29, 1.82) is 0 Å². The predicted molar refractivity (Wildman–Crippen MR) is 72.0 cm³/mol. The third-order valence-electron chi connectivity index (χ3n) is 3.26. The van der Waals surface area contributed by atoms with Gasteiger partial charge in [-0.2, -0.15) is 0 Å². The lowest BCUT2D eigenvalue weighted by Gasteiger charge is -2.17. The van der Waals surface area contributed by atoms with Crippen LogP contribution in [0.15, 0.2) is 18.2 Å². The van der Waals surface area contributed by atoms with Crippen molar-refractivity contribution in [3.8, 4) is 0 Å². The summed E-state index contributed by atoms with van der Waals surface area (Å²) < 4.78 is 0. The standard InChI is InChI=1S/C13H19N3O2/c1-16(9-5-6-9)8-7-15-12-10(13(17)18)3-2-4-11(12)14/h2-4,9,15H,5-8,14H2,1H3,(H,17,18). The monoisotopic (exact) mass is 249 g/mol. The number of para-hydroxylation sites is 1. The summed E-state index contributed by atoms with van der Waals surface area (Å²) in [5.74, 6) is -0.958. The largest absolute Gasteiger partial charge is 0.478 e. The molecule has 0 bridgehead atoms. The Labute approximate surface area is 107 Å². The van der Waals surface area contributed by atoms with Gasteiger partial charge in [0.15, 0.2) is 0 Å². The molecule has 0 heterocycles. The molecule has 0 amide bonds. The maximum Gasteiger partial charge on any atom is 0.337 e. The second kappa shape index (κ2) is 5.27. The third kappa shape index (κ3) is 2.92. The molecule has 1 aliphatic rings. The van der Waals surface area contributed by atoms with Crippen molar-refractivity contribution >= 4 is 17.3 Å². The average Bonchev–Trinajstić information content (AvgIpc) is 3.14. The lowest BCUT2D eigenvalue weighted by Crippen LogP contribution is -2.27. The normalized spacial score (nSPS) is 14.8. The van der Waals surface area contributed by atoms with Gasteiger partial charge in [-0.05, 0) is 32.0 Å². The zero-order valence-corrected chi connectivity index (χ0v) is 10.5. The second-order valence-corrected chi connectivity index (χ2v) is 4.71. The van der Waals surface area contributed by atoms with Gasteiger partial charge in [-0.25, -0.2) is 4.79 Å². The smallest absolute Gasteiger partial charge is 0.337 e. The molecule has 4 N–H and O–H groups in total. The molecule has 5 nitrogen and oxygen atoms in total. The zero-order valence-electron chi connectivity index (χ0n) is 10.5. The number of carboxylic acid groups (broad SMARTS) is 1. The summed E-state index contributed by atoms with van der Waals surface area (Å²) in [6, 6.07) is 5.63. The highest BCUT2D eigenvalue weighted by Crippen LogP contribution is 2.26. The van der Waals surface area contributed by atoms with Crippen LogP contribution in [0.2, 0.25) is 0 Å². The van der Waals surface area contributed by atoms with Gasteiger partial charge in [-0.15, -0.1) is 0 Å².